The minimum atomic E-state index is -1.09. The highest BCUT2D eigenvalue weighted by Gasteiger charge is 2.57. The van der Waals surface area contributed by atoms with Crippen molar-refractivity contribution in [3.63, 3.8) is 0 Å². The van der Waals surface area contributed by atoms with Crippen molar-refractivity contribution in [1.29, 1.82) is 0 Å². The molecular weight excluding hydrogens is 516 g/mol. The zero-order valence-electron chi connectivity index (χ0n) is 26.5. The minimum Gasteiger partial charge on any atom is -0.459 e. The molecule has 0 aromatic heterocycles. The molecule has 10 nitrogen and oxygen atoms in total. The van der Waals surface area contributed by atoms with Crippen molar-refractivity contribution in [1.82, 2.24) is 10.2 Å². The molecule has 3 fully saturated rings. The van der Waals surface area contributed by atoms with Crippen LogP contribution in [0.25, 0.3) is 0 Å². The number of nitrogens with zero attached hydrogens (tertiary/aromatic N) is 1. The number of fused-ring (bicyclic) bond motifs is 2. The van der Waals surface area contributed by atoms with Gasteiger partial charge in [-0.2, -0.15) is 0 Å². The zero-order valence-corrected chi connectivity index (χ0v) is 26.5. The number of likely N-dealkylation sites (N-methyl/N-ethyl adjacent to an activating group) is 2. The number of rotatable bonds is 5. The maximum atomic E-state index is 13.6. The van der Waals surface area contributed by atoms with Crippen LogP contribution in [0.5, 0.6) is 0 Å². The number of esters is 1. The Hall–Kier alpha value is -0.850. The Morgan fingerprint density at radius 1 is 1.15 bits per heavy atom. The van der Waals surface area contributed by atoms with Gasteiger partial charge in [-0.3, -0.25) is 4.79 Å². The molecule has 234 valence electrons. The molecule has 2 bridgehead atoms. The van der Waals surface area contributed by atoms with Crippen LogP contribution in [0.3, 0.4) is 0 Å². The fourth-order valence-electron chi connectivity index (χ4n) is 7.36. The number of carbonyl (C=O) groups is 1. The largest absolute Gasteiger partial charge is 0.459 e. The van der Waals surface area contributed by atoms with E-state index in [0.717, 1.165) is 0 Å². The molecule has 0 aromatic rings. The number of cyclic esters (lactones) is 1. The molecule has 3 saturated heterocycles. The summed E-state index contributed by atoms with van der Waals surface area (Å²) in [6, 6.07) is -0.409. The minimum absolute atomic E-state index is 0.0809. The molecule has 0 amide bonds. The van der Waals surface area contributed by atoms with Gasteiger partial charge in [-0.1, -0.05) is 20.8 Å². The number of ether oxygens (including phenoxy) is 5. The van der Waals surface area contributed by atoms with Gasteiger partial charge in [0.15, 0.2) is 6.29 Å². The highest BCUT2D eigenvalue weighted by Crippen LogP contribution is 2.46. The average molecular weight is 573 g/mol. The van der Waals surface area contributed by atoms with Gasteiger partial charge in [0.1, 0.15) is 23.9 Å². The van der Waals surface area contributed by atoms with Crippen LogP contribution < -0.4 is 5.32 Å². The quantitative estimate of drug-likeness (QED) is 0.424. The van der Waals surface area contributed by atoms with E-state index in [1.54, 1.807) is 7.11 Å². The Labute approximate surface area is 241 Å². The molecule has 3 heterocycles. The van der Waals surface area contributed by atoms with Crippen LogP contribution in [0.4, 0.5) is 0 Å². The van der Waals surface area contributed by atoms with Gasteiger partial charge in [0.05, 0.1) is 29.8 Å². The zero-order chi connectivity index (χ0) is 30.2. The predicted octanol–water partition coefficient (Wildman–Crippen LogP) is 2.33. The summed E-state index contributed by atoms with van der Waals surface area (Å²) in [7, 11) is 5.38. The number of aliphatic hydroxyl groups is 2. The first-order chi connectivity index (χ1) is 18.6. The van der Waals surface area contributed by atoms with E-state index in [2.05, 4.69) is 17.1 Å². The van der Waals surface area contributed by atoms with Crippen molar-refractivity contribution >= 4 is 5.97 Å². The number of aliphatic hydroxyl groups excluding tert-OH is 2. The number of carbonyl (C=O) groups excluding carboxylic acids is 1. The van der Waals surface area contributed by atoms with Gasteiger partial charge in [0, 0.05) is 31.7 Å². The lowest BCUT2D eigenvalue weighted by atomic mass is 9.82. The summed E-state index contributed by atoms with van der Waals surface area (Å²) in [6.45, 7) is 16.5. The van der Waals surface area contributed by atoms with Gasteiger partial charge < -0.3 is 44.1 Å². The molecule has 40 heavy (non-hydrogen) atoms. The molecule has 0 unspecified atom stereocenters. The van der Waals surface area contributed by atoms with E-state index in [9.17, 15) is 15.0 Å². The van der Waals surface area contributed by atoms with E-state index < -0.39 is 59.9 Å². The van der Waals surface area contributed by atoms with E-state index >= 15 is 0 Å². The number of nitrogens with one attached hydrogen (secondary N) is 1. The Kier molecular flexibility index (Phi) is 11.1. The molecule has 14 atom stereocenters. The molecule has 3 aliphatic heterocycles. The van der Waals surface area contributed by atoms with Crippen molar-refractivity contribution in [3.05, 3.63) is 0 Å². The molecule has 0 saturated carbocycles. The van der Waals surface area contributed by atoms with Crippen molar-refractivity contribution in [2.45, 2.75) is 141 Å². The first-order valence-electron chi connectivity index (χ1n) is 15.1. The lowest BCUT2D eigenvalue weighted by Gasteiger charge is -2.45. The monoisotopic (exact) mass is 572 g/mol. The van der Waals surface area contributed by atoms with Gasteiger partial charge in [-0.05, 0) is 73.9 Å². The summed E-state index contributed by atoms with van der Waals surface area (Å²) in [5.74, 6) is -0.994. The summed E-state index contributed by atoms with van der Waals surface area (Å²) in [5, 5.41) is 25.7. The van der Waals surface area contributed by atoms with E-state index in [1.165, 1.54) is 0 Å². The summed E-state index contributed by atoms with van der Waals surface area (Å²) in [5.41, 5.74) is -1.84. The second-order valence-corrected chi connectivity index (χ2v) is 13.2. The lowest BCUT2D eigenvalue weighted by molar-refractivity contribution is -0.277. The standard InChI is InChI=1S/C30H56N2O8/c1-12-22-30(8,36-11)25(34)20(6)32(10)15-16(2)14-29(7)26(18(4)24(40-29)19(5)27(35)38-22)39-28-23(33)21(31-9)13-17(3)37-28/h16-26,28,31,33-34H,12-15H2,1-11H3/t16-,17-,18+,19-,20-,21-,22-,23-,24-,25-,26-,28+,29-,30-/m1/s1. The fraction of sp³-hybridized carbons (Fsp3) is 0.967. The fourth-order valence-corrected chi connectivity index (χ4v) is 7.36. The third-order valence-electron chi connectivity index (χ3n) is 9.96. The van der Waals surface area contributed by atoms with Crippen molar-refractivity contribution < 1.29 is 38.7 Å². The SMILES string of the molecule is CC[C@H]1OC(=O)[C@H](C)[C@@H]2O[C@](C)(C[C@@H](C)CN(C)[C@H](C)[C@@H](O)[C@]1(C)OC)[C@H](O[C@@H]1O[C@H](C)C[C@@H](NC)[C@H]1O)[C@H]2C. The molecule has 0 aromatic carbocycles. The molecule has 0 aliphatic carbocycles. The van der Waals surface area contributed by atoms with Crippen molar-refractivity contribution in [2.24, 2.45) is 17.8 Å². The number of methoxy groups -OCH3 is 1. The smallest absolute Gasteiger partial charge is 0.311 e. The first-order valence-corrected chi connectivity index (χ1v) is 15.1. The first kappa shape index (κ1) is 33.6. The Morgan fingerprint density at radius 2 is 1.80 bits per heavy atom. The Morgan fingerprint density at radius 3 is 2.38 bits per heavy atom. The normalized spacial score (nSPS) is 49.9. The third-order valence-corrected chi connectivity index (χ3v) is 9.96. The molecule has 0 spiro atoms. The van der Waals surface area contributed by atoms with E-state index in [4.69, 9.17) is 23.7 Å². The average Bonchev–Trinajstić information content (AvgIpc) is 3.15. The Balaban J connectivity index is 1.99. The van der Waals surface area contributed by atoms with Gasteiger partial charge >= 0.3 is 5.97 Å². The number of hydrogen-bond acceptors (Lipinski definition) is 10. The van der Waals surface area contributed by atoms with Crippen LogP contribution in [0.15, 0.2) is 0 Å². The Bertz CT molecular complexity index is 849. The number of hydrogen-bond donors (Lipinski definition) is 3. The van der Waals surface area contributed by atoms with Crippen LogP contribution >= 0.6 is 0 Å². The van der Waals surface area contributed by atoms with Crippen LogP contribution in [0, 0.1) is 17.8 Å². The molecule has 3 rings (SSSR count). The third kappa shape index (κ3) is 6.54. The highest BCUT2D eigenvalue weighted by atomic mass is 16.7. The van der Waals surface area contributed by atoms with Gasteiger partial charge in [0.2, 0.25) is 0 Å². The van der Waals surface area contributed by atoms with Crippen molar-refractivity contribution in [2.75, 3.05) is 27.7 Å². The second kappa shape index (κ2) is 13.2. The second-order valence-electron chi connectivity index (χ2n) is 13.2. The highest BCUT2D eigenvalue weighted by molar-refractivity contribution is 5.73. The van der Waals surface area contributed by atoms with E-state index in [0.29, 0.717) is 25.8 Å². The van der Waals surface area contributed by atoms with Crippen LogP contribution in [-0.4, -0.2) is 115 Å². The van der Waals surface area contributed by atoms with Crippen LogP contribution in [0.2, 0.25) is 0 Å². The summed E-state index contributed by atoms with van der Waals surface area (Å²) >= 11 is 0. The van der Waals surface area contributed by atoms with Gasteiger partial charge in [-0.25, -0.2) is 0 Å². The molecule has 3 N–H and O–H groups in total. The summed E-state index contributed by atoms with van der Waals surface area (Å²) in [6.07, 6.45) is -2.36. The molecule has 3 aliphatic rings. The topological polar surface area (TPSA) is 119 Å². The van der Waals surface area contributed by atoms with Crippen molar-refractivity contribution in [3.8, 4) is 0 Å². The van der Waals surface area contributed by atoms with E-state index in [1.807, 2.05) is 62.6 Å². The van der Waals surface area contributed by atoms with Crippen LogP contribution in [-0.2, 0) is 28.5 Å². The van der Waals surface area contributed by atoms with Crippen LogP contribution in [0.1, 0.15) is 74.7 Å². The molecule has 0 radical (unpaired) electrons. The van der Waals surface area contributed by atoms with Gasteiger partial charge in [0.25, 0.3) is 0 Å². The van der Waals surface area contributed by atoms with Gasteiger partial charge in [-0.15, -0.1) is 0 Å². The maximum absolute atomic E-state index is 13.6. The predicted molar refractivity (Wildman–Crippen MR) is 152 cm³/mol. The molecule has 10 heteroatoms. The molecular formula is C30H56N2O8. The summed E-state index contributed by atoms with van der Waals surface area (Å²) in [4.78, 5) is 15.7. The maximum Gasteiger partial charge on any atom is 0.311 e. The van der Waals surface area contributed by atoms with E-state index in [-0.39, 0.29) is 30.0 Å². The summed E-state index contributed by atoms with van der Waals surface area (Å²) < 4.78 is 31.5. The lowest BCUT2D eigenvalue weighted by Crippen LogP contribution is -2.60.